The van der Waals surface area contributed by atoms with Crippen molar-refractivity contribution in [2.75, 3.05) is 18.0 Å². The summed E-state index contributed by atoms with van der Waals surface area (Å²) >= 11 is 0. The lowest BCUT2D eigenvalue weighted by atomic mass is 10.1. The van der Waals surface area contributed by atoms with E-state index in [1.54, 1.807) is 6.33 Å². The van der Waals surface area contributed by atoms with Gasteiger partial charge in [-0.25, -0.2) is 0 Å². The molecule has 0 saturated carbocycles. The van der Waals surface area contributed by atoms with Gasteiger partial charge in [-0.05, 0) is 18.6 Å². The maximum Gasteiger partial charge on any atom is 0.234 e. The van der Waals surface area contributed by atoms with Crippen LogP contribution < -0.4 is 4.90 Å². The van der Waals surface area contributed by atoms with E-state index in [9.17, 15) is 0 Å². The van der Waals surface area contributed by atoms with Crippen molar-refractivity contribution in [2.24, 2.45) is 4.99 Å². The van der Waals surface area contributed by atoms with Gasteiger partial charge < -0.3 is 0 Å². The normalized spacial score (nSPS) is 16.9. The van der Waals surface area contributed by atoms with Crippen LogP contribution in [-0.4, -0.2) is 33.7 Å². The molecule has 3 heterocycles. The number of fused-ring (bicyclic) bond motifs is 6. The van der Waals surface area contributed by atoms with Gasteiger partial charge in [0.1, 0.15) is 12.2 Å². The smallest absolute Gasteiger partial charge is 0.234 e. The Balaban J connectivity index is 2.06. The van der Waals surface area contributed by atoms with E-state index >= 15 is 0 Å². The van der Waals surface area contributed by atoms with Crippen molar-refractivity contribution >= 4 is 11.8 Å². The Morgan fingerprint density at radius 1 is 1.18 bits per heavy atom. The summed E-state index contributed by atoms with van der Waals surface area (Å²) in [5, 5.41) is 4.30. The summed E-state index contributed by atoms with van der Waals surface area (Å²) < 4.78 is 1.89. The molecule has 0 unspecified atom stereocenters. The van der Waals surface area contributed by atoms with Crippen molar-refractivity contribution in [1.82, 2.24) is 14.8 Å². The highest BCUT2D eigenvalue weighted by molar-refractivity contribution is 6.13. The Morgan fingerprint density at radius 2 is 2.12 bits per heavy atom. The van der Waals surface area contributed by atoms with Crippen molar-refractivity contribution in [3.8, 4) is 5.69 Å². The van der Waals surface area contributed by atoms with E-state index in [0.717, 1.165) is 42.5 Å². The zero-order chi connectivity index (χ0) is 11.2. The second kappa shape index (κ2) is 3.16. The van der Waals surface area contributed by atoms with Crippen LogP contribution in [0.25, 0.3) is 5.69 Å². The van der Waals surface area contributed by atoms with Gasteiger partial charge in [0.2, 0.25) is 5.95 Å². The molecule has 0 amide bonds. The van der Waals surface area contributed by atoms with E-state index in [1.165, 1.54) is 0 Å². The van der Waals surface area contributed by atoms with Gasteiger partial charge in [0, 0.05) is 18.7 Å². The molecule has 1 aromatic heterocycles. The number of hydrogen-bond donors (Lipinski definition) is 0. The Hall–Kier alpha value is -2.17. The van der Waals surface area contributed by atoms with E-state index in [1.807, 2.05) is 16.8 Å². The number of amidine groups is 1. The fourth-order valence-electron chi connectivity index (χ4n) is 2.47. The fourth-order valence-corrected chi connectivity index (χ4v) is 2.47. The van der Waals surface area contributed by atoms with Crippen LogP contribution >= 0.6 is 0 Å². The molecule has 2 aromatic rings. The molecule has 17 heavy (non-hydrogen) atoms. The van der Waals surface area contributed by atoms with Crippen LogP contribution in [-0.2, 0) is 0 Å². The molecule has 4 rings (SSSR count). The SMILES string of the molecule is c1ccc2c(c1)C1=NCCCN1c1ncnn1-2. The van der Waals surface area contributed by atoms with Gasteiger partial charge in [-0.15, -0.1) is 0 Å². The number of aromatic nitrogens is 3. The van der Waals surface area contributed by atoms with Crippen molar-refractivity contribution in [3.05, 3.63) is 36.2 Å². The summed E-state index contributed by atoms with van der Waals surface area (Å²) in [4.78, 5) is 11.1. The maximum atomic E-state index is 4.63. The van der Waals surface area contributed by atoms with E-state index < -0.39 is 0 Å². The lowest BCUT2D eigenvalue weighted by molar-refractivity contribution is 0.742. The lowest BCUT2D eigenvalue weighted by Gasteiger charge is -2.33. The van der Waals surface area contributed by atoms with Crippen molar-refractivity contribution in [2.45, 2.75) is 6.42 Å². The summed E-state index contributed by atoms with van der Waals surface area (Å²) in [5.41, 5.74) is 2.21. The van der Waals surface area contributed by atoms with Gasteiger partial charge >= 0.3 is 0 Å². The third kappa shape index (κ3) is 1.11. The summed E-state index contributed by atoms with van der Waals surface area (Å²) in [5.74, 6) is 1.91. The van der Waals surface area contributed by atoms with Crippen molar-refractivity contribution in [1.29, 1.82) is 0 Å². The first-order chi connectivity index (χ1) is 8.45. The van der Waals surface area contributed by atoms with E-state index in [-0.39, 0.29) is 0 Å². The molecule has 5 nitrogen and oxygen atoms in total. The number of benzene rings is 1. The number of rotatable bonds is 0. The second-order valence-electron chi connectivity index (χ2n) is 4.20. The third-order valence-corrected chi connectivity index (χ3v) is 3.20. The van der Waals surface area contributed by atoms with Crippen molar-refractivity contribution in [3.63, 3.8) is 0 Å². The predicted octanol–water partition coefficient (Wildman–Crippen LogP) is 1.24. The summed E-state index contributed by atoms with van der Waals surface area (Å²) in [6.45, 7) is 1.86. The van der Waals surface area contributed by atoms with E-state index in [2.05, 4.69) is 32.1 Å². The molecular weight excluding hydrogens is 214 g/mol. The molecule has 0 radical (unpaired) electrons. The van der Waals surface area contributed by atoms with Gasteiger partial charge in [0.05, 0.1) is 5.69 Å². The molecule has 2 aliphatic rings. The van der Waals surface area contributed by atoms with Crippen LogP contribution in [0.5, 0.6) is 0 Å². The minimum Gasteiger partial charge on any atom is -0.294 e. The molecule has 5 heteroatoms. The lowest BCUT2D eigenvalue weighted by Crippen LogP contribution is -2.41. The Morgan fingerprint density at radius 3 is 3.12 bits per heavy atom. The molecule has 1 aromatic carbocycles. The number of anilines is 1. The predicted molar refractivity (Wildman–Crippen MR) is 64.7 cm³/mol. The molecule has 2 aliphatic heterocycles. The average Bonchev–Trinajstić information content (AvgIpc) is 2.89. The standard InChI is InChI=1S/C12H11N5/c1-2-5-10-9(4-1)11-13-6-3-7-16(11)12-14-8-15-17(10)12/h1-2,4-5,8H,3,6-7H2. The van der Waals surface area contributed by atoms with Gasteiger partial charge in [-0.2, -0.15) is 14.8 Å². The number of aliphatic imine (C=N–C) groups is 1. The van der Waals surface area contributed by atoms with Gasteiger partial charge in [0.25, 0.3) is 0 Å². The van der Waals surface area contributed by atoms with Gasteiger partial charge in [-0.3, -0.25) is 9.89 Å². The Bertz CT molecular complexity index is 613. The maximum absolute atomic E-state index is 4.63. The summed E-state index contributed by atoms with van der Waals surface area (Å²) in [6.07, 6.45) is 2.67. The number of hydrogen-bond acceptors (Lipinski definition) is 4. The highest BCUT2D eigenvalue weighted by Crippen LogP contribution is 2.29. The van der Waals surface area contributed by atoms with E-state index in [0.29, 0.717) is 0 Å². The van der Waals surface area contributed by atoms with Gasteiger partial charge in [-0.1, -0.05) is 12.1 Å². The van der Waals surface area contributed by atoms with Crippen LogP contribution in [0.4, 0.5) is 5.95 Å². The zero-order valence-corrected chi connectivity index (χ0v) is 9.24. The summed E-state index contributed by atoms with van der Waals surface area (Å²) in [7, 11) is 0. The van der Waals surface area contributed by atoms with Crippen LogP contribution in [0, 0.1) is 0 Å². The van der Waals surface area contributed by atoms with E-state index in [4.69, 9.17) is 0 Å². The zero-order valence-electron chi connectivity index (χ0n) is 9.24. The first-order valence-corrected chi connectivity index (χ1v) is 5.77. The molecule has 0 N–H and O–H groups in total. The Kier molecular flexibility index (Phi) is 1.66. The first-order valence-electron chi connectivity index (χ1n) is 5.77. The molecule has 0 saturated heterocycles. The molecular formula is C12H11N5. The Labute approximate surface area is 98.4 Å². The molecule has 0 fully saturated rings. The summed E-state index contributed by atoms with van der Waals surface area (Å²) in [6, 6.07) is 8.21. The average molecular weight is 225 g/mol. The topological polar surface area (TPSA) is 46.3 Å². The third-order valence-electron chi connectivity index (χ3n) is 3.20. The first kappa shape index (κ1) is 8.92. The fraction of sp³-hybridized carbons (Fsp3) is 0.250. The largest absolute Gasteiger partial charge is 0.294 e. The molecule has 84 valence electrons. The minimum absolute atomic E-state index is 0.877. The molecule has 0 aliphatic carbocycles. The molecule has 0 bridgehead atoms. The monoisotopic (exact) mass is 225 g/mol. The van der Waals surface area contributed by atoms with Crippen LogP contribution in [0.2, 0.25) is 0 Å². The number of nitrogens with zero attached hydrogens (tertiary/aromatic N) is 5. The highest BCUT2D eigenvalue weighted by Gasteiger charge is 2.30. The molecule has 0 atom stereocenters. The van der Waals surface area contributed by atoms with Crippen LogP contribution in [0.3, 0.4) is 0 Å². The minimum atomic E-state index is 0.877. The molecule has 0 spiro atoms. The van der Waals surface area contributed by atoms with Crippen molar-refractivity contribution < 1.29 is 0 Å². The van der Waals surface area contributed by atoms with Crippen LogP contribution in [0.15, 0.2) is 35.6 Å². The van der Waals surface area contributed by atoms with Gasteiger partial charge in [0.15, 0.2) is 0 Å². The highest BCUT2D eigenvalue weighted by atomic mass is 15.5. The van der Waals surface area contributed by atoms with Crippen LogP contribution in [0.1, 0.15) is 12.0 Å². The second-order valence-corrected chi connectivity index (χ2v) is 4.20. The quantitative estimate of drug-likeness (QED) is 0.677. The number of para-hydroxylation sites is 1.